The zero-order valence-electron chi connectivity index (χ0n) is 25.6. The van der Waals surface area contributed by atoms with Crippen LogP contribution < -0.4 is 10.1 Å². The molecule has 1 aliphatic carbocycles. The Morgan fingerprint density at radius 1 is 0.860 bits per heavy atom. The zero-order chi connectivity index (χ0) is 30.2. The number of esters is 1. The summed E-state index contributed by atoms with van der Waals surface area (Å²) in [6.07, 6.45) is 2.67. The van der Waals surface area contributed by atoms with Crippen molar-refractivity contribution in [2.45, 2.75) is 64.6 Å². The van der Waals surface area contributed by atoms with E-state index in [2.05, 4.69) is 34.5 Å². The first kappa shape index (κ1) is 30.8. The lowest BCUT2D eigenvalue weighted by Crippen LogP contribution is -2.36. The van der Waals surface area contributed by atoms with Crippen LogP contribution in [0.2, 0.25) is 0 Å². The van der Waals surface area contributed by atoms with Crippen molar-refractivity contribution >= 4 is 12.1 Å². The molecule has 3 aromatic carbocycles. The molecular weight excluding hydrogens is 540 g/mol. The van der Waals surface area contributed by atoms with E-state index in [0.717, 1.165) is 50.0 Å². The van der Waals surface area contributed by atoms with Crippen molar-refractivity contribution in [2.24, 2.45) is 11.8 Å². The molecule has 0 aromatic heterocycles. The summed E-state index contributed by atoms with van der Waals surface area (Å²) in [4.78, 5) is 27.2. The molecule has 0 spiro atoms. The highest BCUT2D eigenvalue weighted by molar-refractivity contribution is 5.77. The second-order valence-electron chi connectivity index (χ2n) is 12.8. The molecule has 7 heteroatoms. The second-order valence-corrected chi connectivity index (χ2v) is 12.8. The Labute approximate surface area is 255 Å². The van der Waals surface area contributed by atoms with Crippen molar-refractivity contribution in [3.05, 3.63) is 90.0 Å². The van der Waals surface area contributed by atoms with Crippen LogP contribution in [0.1, 0.15) is 51.2 Å². The molecule has 5 rings (SSSR count). The minimum Gasteiger partial charge on any atom is -0.460 e. The molecule has 3 aromatic rings. The normalized spacial score (nSPS) is 20.0. The molecular formula is C36H44N2O5. The van der Waals surface area contributed by atoms with Gasteiger partial charge in [-0.25, -0.2) is 4.79 Å². The molecule has 228 valence electrons. The van der Waals surface area contributed by atoms with Crippen LogP contribution in [-0.4, -0.2) is 54.9 Å². The molecule has 1 aliphatic heterocycles. The molecule has 1 amide bonds. The van der Waals surface area contributed by atoms with Gasteiger partial charge in [0.1, 0.15) is 11.4 Å². The number of benzene rings is 3. The number of nitrogens with one attached hydrogen (secondary N) is 1. The van der Waals surface area contributed by atoms with E-state index in [1.165, 1.54) is 11.1 Å². The number of para-hydroxylation sites is 1. The van der Waals surface area contributed by atoms with Crippen molar-refractivity contribution < 1.29 is 23.8 Å². The lowest BCUT2D eigenvalue weighted by molar-refractivity contribution is -0.156. The third-order valence-corrected chi connectivity index (χ3v) is 8.13. The van der Waals surface area contributed by atoms with Gasteiger partial charge in [-0.1, -0.05) is 72.8 Å². The van der Waals surface area contributed by atoms with E-state index in [-0.39, 0.29) is 24.5 Å². The third kappa shape index (κ3) is 9.15. The number of nitrogens with zero attached hydrogens (tertiary/aromatic N) is 1. The molecule has 1 N–H and O–H groups in total. The van der Waals surface area contributed by atoms with Crippen LogP contribution in [0.3, 0.4) is 0 Å². The fraction of sp³-hybridized carbons (Fsp3) is 0.444. The lowest BCUT2D eigenvalue weighted by Gasteiger charge is -2.20. The Kier molecular flexibility index (Phi) is 10.2. The van der Waals surface area contributed by atoms with Crippen LogP contribution >= 0.6 is 0 Å². The SMILES string of the molecule is CC(C)(C)OC(=O)CCOCCc1cccc(CN2C[C@H]3CC(NC(=O)Oc4ccccc4-c4ccccc4)C[C@H]3C2)c1. The molecule has 2 aliphatic rings. The number of carbonyl (C=O) groups excluding carboxylic acids is 2. The van der Waals surface area contributed by atoms with Crippen LogP contribution in [0.5, 0.6) is 5.75 Å². The van der Waals surface area contributed by atoms with E-state index in [9.17, 15) is 9.59 Å². The quantitative estimate of drug-likeness (QED) is 0.201. The number of carbonyl (C=O) groups is 2. The molecule has 3 atom stereocenters. The van der Waals surface area contributed by atoms with E-state index in [1.54, 1.807) is 0 Å². The van der Waals surface area contributed by atoms with E-state index < -0.39 is 5.60 Å². The molecule has 2 fully saturated rings. The standard InChI is InChI=1S/C36H44N2O5/c1-36(2,3)43-34(39)17-19-41-18-16-26-10-9-11-27(20-26)23-38-24-29-21-31(22-30(29)25-38)37-35(40)42-33-15-8-7-14-32(33)28-12-5-4-6-13-28/h4-15,20,29-31H,16-19,21-25H2,1-3H3,(H,37,40)/t29-,30+,31?. The van der Waals surface area contributed by atoms with Crippen LogP contribution in [-0.2, 0) is 27.2 Å². The summed E-state index contributed by atoms with van der Waals surface area (Å²) in [6.45, 7) is 9.58. The van der Waals surface area contributed by atoms with Gasteiger partial charge >= 0.3 is 12.1 Å². The highest BCUT2D eigenvalue weighted by Crippen LogP contribution is 2.39. The Morgan fingerprint density at radius 2 is 1.56 bits per heavy atom. The minimum atomic E-state index is -0.464. The van der Waals surface area contributed by atoms with Gasteiger partial charge in [0, 0.05) is 31.2 Å². The number of likely N-dealkylation sites (tertiary alicyclic amines) is 1. The number of fused-ring (bicyclic) bond motifs is 1. The second kappa shape index (κ2) is 14.2. The van der Waals surface area contributed by atoms with Crippen molar-refractivity contribution in [2.75, 3.05) is 26.3 Å². The van der Waals surface area contributed by atoms with Crippen LogP contribution in [0.25, 0.3) is 11.1 Å². The van der Waals surface area contributed by atoms with Crippen molar-refractivity contribution in [1.82, 2.24) is 10.2 Å². The van der Waals surface area contributed by atoms with Crippen LogP contribution in [0, 0.1) is 11.8 Å². The molecule has 0 radical (unpaired) electrons. The van der Waals surface area contributed by atoms with E-state index in [1.807, 2.05) is 75.4 Å². The van der Waals surface area contributed by atoms with Gasteiger partial charge < -0.3 is 19.5 Å². The van der Waals surface area contributed by atoms with E-state index in [0.29, 0.717) is 30.8 Å². The third-order valence-electron chi connectivity index (χ3n) is 8.13. The predicted molar refractivity (Wildman–Crippen MR) is 168 cm³/mol. The van der Waals surface area contributed by atoms with Gasteiger partial charge in [-0.3, -0.25) is 9.69 Å². The largest absolute Gasteiger partial charge is 0.460 e. The fourth-order valence-electron chi connectivity index (χ4n) is 6.33. The number of amides is 1. The summed E-state index contributed by atoms with van der Waals surface area (Å²) in [7, 11) is 0. The highest BCUT2D eigenvalue weighted by atomic mass is 16.6. The average Bonchev–Trinajstić information content (AvgIpc) is 3.50. The summed E-state index contributed by atoms with van der Waals surface area (Å²) >= 11 is 0. The zero-order valence-corrected chi connectivity index (χ0v) is 25.6. The van der Waals surface area contributed by atoms with Gasteiger partial charge in [-0.2, -0.15) is 0 Å². The van der Waals surface area contributed by atoms with Crippen molar-refractivity contribution in [3.63, 3.8) is 0 Å². The van der Waals surface area contributed by atoms with Crippen LogP contribution in [0.15, 0.2) is 78.9 Å². The first-order valence-electron chi connectivity index (χ1n) is 15.4. The first-order chi connectivity index (χ1) is 20.7. The molecule has 1 saturated heterocycles. The first-order valence-corrected chi connectivity index (χ1v) is 15.4. The minimum absolute atomic E-state index is 0.146. The average molecular weight is 585 g/mol. The van der Waals surface area contributed by atoms with E-state index >= 15 is 0 Å². The molecule has 1 saturated carbocycles. The smallest absolute Gasteiger partial charge is 0.412 e. The number of hydrogen-bond donors (Lipinski definition) is 1. The molecule has 0 bridgehead atoms. The molecule has 43 heavy (non-hydrogen) atoms. The highest BCUT2D eigenvalue weighted by Gasteiger charge is 2.41. The van der Waals surface area contributed by atoms with Gasteiger partial charge in [0.25, 0.3) is 0 Å². The maximum Gasteiger partial charge on any atom is 0.412 e. The topological polar surface area (TPSA) is 77.1 Å². The maximum absolute atomic E-state index is 12.8. The Bertz CT molecular complexity index is 1360. The fourth-order valence-corrected chi connectivity index (χ4v) is 6.33. The summed E-state index contributed by atoms with van der Waals surface area (Å²) < 4.78 is 16.8. The number of rotatable bonds is 11. The monoisotopic (exact) mass is 584 g/mol. The molecule has 1 unspecified atom stereocenters. The molecule has 1 heterocycles. The van der Waals surface area contributed by atoms with Gasteiger partial charge in [0.15, 0.2) is 0 Å². The summed E-state index contributed by atoms with van der Waals surface area (Å²) in [5.74, 6) is 1.52. The summed E-state index contributed by atoms with van der Waals surface area (Å²) in [5.41, 5.74) is 4.02. The van der Waals surface area contributed by atoms with Gasteiger partial charge in [-0.15, -0.1) is 0 Å². The lowest BCUT2D eigenvalue weighted by atomic mass is 10.0. The maximum atomic E-state index is 12.8. The summed E-state index contributed by atoms with van der Waals surface area (Å²) in [6, 6.07) is 26.5. The van der Waals surface area contributed by atoms with Gasteiger partial charge in [0.2, 0.25) is 0 Å². The van der Waals surface area contributed by atoms with E-state index in [4.69, 9.17) is 14.2 Å². The van der Waals surface area contributed by atoms with Crippen molar-refractivity contribution in [3.8, 4) is 16.9 Å². The van der Waals surface area contributed by atoms with Crippen LogP contribution in [0.4, 0.5) is 4.79 Å². The summed E-state index contributed by atoms with van der Waals surface area (Å²) in [5, 5.41) is 3.13. The number of ether oxygens (including phenoxy) is 3. The predicted octanol–water partition coefficient (Wildman–Crippen LogP) is 6.64. The van der Waals surface area contributed by atoms with Crippen molar-refractivity contribution in [1.29, 1.82) is 0 Å². The Hall–Kier alpha value is -3.68. The molecule has 7 nitrogen and oxygen atoms in total. The number of hydrogen-bond acceptors (Lipinski definition) is 6. The van der Waals surface area contributed by atoms with Gasteiger partial charge in [0.05, 0.1) is 19.6 Å². The van der Waals surface area contributed by atoms with Gasteiger partial charge in [-0.05, 0) is 74.6 Å². The Morgan fingerprint density at radius 3 is 2.30 bits per heavy atom. The Balaban J connectivity index is 1.03.